The van der Waals surface area contributed by atoms with Crippen LogP contribution in [-0.4, -0.2) is 58.3 Å². The number of para-hydroxylation sites is 1. The van der Waals surface area contributed by atoms with Crippen molar-refractivity contribution in [2.45, 2.75) is 20.0 Å². The Hall–Kier alpha value is -2.43. The summed E-state index contributed by atoms with van der Waals surface area (Å²) in [6.45, 7) is 4.05. The molecule has 0 aliphatic heterocycles. The second-order valence-corrected chi connectivity index (χ2v) is 6.88. The second kappa shape index (κ2) is 10.4. The van der Waals surface area contributed by atoms with E-state index in [1.54, 1.807) is 11.0 Å². The smallest absolute Gasteiger partial charge is 0.194 e. The lowest BCUT2D eigenvalue weighted by Gasteiger charge is -2.21. The molecule has 0 saturated carbocycles. The first-order chi connectivity index (χ1) is 13.5. The van der Waals surface area contributed by atoms with Crippen LogP contribution in [0.15, 0.2) is 41.7 Å². The molecule has 0 bridgehead atoms. The number of nitrogens with zero attached hydrogens (tertiary/aromatic N) is 7. The van der Waals surface area contributed by atoms with Gasteiger partial charge in [0.2, 0.25) is 0 Å². The molecule has 0 radical (unpaired) electrons. The molecule has 0 amide bonds. The van der Waals surface area contributed by atoms with Gasteiger partial charge in [0.15, 0.2) is 5.96 Å². The molecule has 0 saturated heterocycles. The SMILES string of the molecule is CCNC(=NCc1cc(N(C)C)nc2ccccc12)N(C)Cc1ncnn1C.I. The molecule has 9 heteroatoms. The Labute approximate surface area is 189 Å². The molecule has 156 valence electrons. The molecule has 0 fully saturated rings. The Morgan fingerprint density at radius 3 is 2.62 bits per heavy atom. The third-order valence-corrected chi connectivity index (χ3v) is 4.53. The first-order valence-corrected chi connectivity index (χ1v) is 9.38. The number of hydrogen-bond acceptors (Lipinski definition) is 5. The minimum atomic E-state index is 0. The van der Waals surface area contributed by atoms with Gasteiger partial charge in [-0.2, -0.15) is 5.10 Å². The Morgan fingerprint density at radius 2 is 1.97 bits per heavy atom. The van der Waals surface area contributed by atoms with Crippen LogP contribution in [0.2, 0.25) is 0 Å². The Kier molecular flexibility index (Phi) is 8.18. The number of guanidine groups is 1. The van der Waals surface area contributed by atoms with Crippen molar-refractivity contribution in [3.63, 3.8) is 0 Å². The Bertz CT molecular complexity index is 966. The lowest BCUT2D eigenvalue weighted by Crippen LogP contribution is -2.39. The molecule has 2 heterocycles. The zero-order valence-corrected chi connectivity index (χ0v) is 20.0. The van der Waals surface area contributed by atoms with E-state index in [-0.39, 0.29) is 24.0 Å². The van der Waals surface area contributed by atoms with Gasteiger partial charge in [0, 0.05) is 40.1 Å². The van der Waals surface area contributed by atoms with Crippen LogP contribution in [0.3, 0.4) is 0 Å². The van der Waals surface area contributed by atoms with Gasteiger partial charge in [-0.15, -0.1) is 24.0 Å². The number of benzene rings is 1. The van der Waals surface area contributed by atoms with Crippen LogP contribution in [0.5, 0.6) is 0 Å². The molecule has 0 aliphatic rings. The van der Waals surface area contributed by atoms with Crippen molar-refractivity contribution in [2.24, 2.45) is 12.0 Å². The maximum Gasteiger partial charge on any atom is 0.194 e. The van der Waals surface area contributed by atoms with Crippen LogP contribution in [0.4, 0.5) is 5.82 Å². The molecule has 8 nitrogen and oxygen atoms in total. The zero-order valence-electron chi connectivity index (χ0n) is 17.6. The standard InChI is InChI=1S/C20H28N8.HI/c1-6-21-20(27(4)13-19-23-14-24-28(19)5)22-12-15-11-18(26(2)3)25-17-10-8-7-9-16(15)17;/h7-11,14H,6,12-13H2,1-5H3,(H,21,22);1H. The number of aromatic nitrogens is 4. The number of aliphatic imine (C=N–C) groups is 1. The van der Waals surface area contributed by atoms with E-state index in [0.29, 0.717) is 13.1 Å². The molecule has 0 spiro atoms. The fraction of sp³-hybridized carbons (Fsp3) is 0.400. The molecule has 3 rings (SSSR count). The van der Waals surface area contributed by atoms with Crippen molar-refractivity contribution in [3.05, 3.63) is 48.0 Å². The molecule has 29 heavy (non-hydrogen) atoms. The van der Waals surface area contributed by atoms with Crippen molar-refractivity contribution in [1.29, 1.82) is 0 Å². The van der Waals surface area contributed by atoms with Gasteiger partial charge < -0.3 is 15.1 Å². The minimum absolute atomic E-state index is 0. The number of pyridine rings is 1. The van der Waals surface area contributed by atoms with Gasteiger partial charge in [0.1, 0.15) is 18.0 Å². The highest BCUT2D eigenvalue weighted by Gasteiger charge is 2.11. The van der Waals surface area contributed by atoms with Crippen molar-refractivity contribution in [3.8, 4) is 0 Å². The van der Waals surface area contributed by atoms with Crippen molar-refractivity contribution in [2.75, 3.05) is 32.6 Å². The predicted molar refractivity (Wildman–Crippen MR) is 129 cm³/mol. The van der Waals surface area contributed by atoms with Gasteiger partial charge in [-0.1, -0.05) is 18.2 Å². The summed E-state index contributed by atoms with van der Waals surface area (Å²) in [7, 11) is 7.91. The number of anilines is 1. The fourth-order valence-electron chi connectivity index (χ4n) is 2.97. The van der Waals surface area contributed by atoms with Crippen molar-refractivity contribution >= 4 is 46.7 Å². The lowest BCUT2D eigenvalue weighted by atomic mass is 10.1. The van der Waals surface area contributed by atoms with E-state index in [4.69, 9.17) is 9.98 Å². The van der Waals surface area contributed by atoms with Gasteiger partial charge in [-0.25, -0.2) is 15.0 Å². The van der Waals surface area contributed by atoms with Crippen LogP contribution in [0.1, 0.15) is 18.3 Å². The average molecular weight is 508 g/mol. The van der Waals surface area contributed by atoms with E-state index in [1.165, 1.54) is 0 Å². The van der Waals surface area contributed by atoms with Crippen LogP contribution >= 0.6 is 24.0 Å². The van der Waals surface area contributed by atoms with Gasteiger partial charge in [-0.05, 0) is 24.6 Å². The van der Waals surface area contributed by atoms with E-state index in [9.17, 15) is 0 Å². The fourth-order valence-corrected chi connectivity index (χ4v) is 2.97. The molecular weight excluding hydrogens is 479 g/mol. The van der Waals surface area contributed by atoms with E-state index >= 15 is 0 Å². The van der Waals surface area contributed by atoms with E-state index in [1.807, 2.05) is 51.3 Å². The van der Waals surface area contributed by atoms with Gasteiger partial charge >= 0.3 is 0 Å². The topological polar surface area (TPSA) is 74.5 Å². The number of fused-ring (bicyclic) bond motifs is 1. The number of aryl methyl sites for hydroxylation is 1. The maximum absolute atomic E-state index is 4.87. The first kappa shape index (κ1) is 22.9. The average Bonchev–Trinajstić information content (AvgIpc) is 3.09. The summed E-state index contributed by atoms with van der Waals surface area (Å²) in [5, 5.41) is 8.63. The maximum atomic E-state index is 4.87. The van der Waals surface area contributed by atoms with E-state index in [2.05, 4.69) is 39.4 Å². The molecule has 0 atom stereocenters. The third-order valence-electron chi connectivity index (χ3n) is 4.53. The molecule has 0 aliphatic carbocycles. The highest BCUT2D eigenvalue weighted by atomic mass is 127. The summed E-state index contributed by atoms with van der Waals surface area (Å²) in [6, 6.07) is 10.3. The highest BCUT2D eigenvalue weighted by Crippen LogP contribution is 2.22. The summed E-state index contributed by atoms with van der Waals surface area (Å²) in [4.78, 5) is 18.0. The predicted octanol–water partition coefficient (Wildman–Crippen LogP) is 2.64. The van der Waals surface area contributed by atoms with Crippen LogP contribution in [-0.2, 0) is 20.1 Å². The van der Waals surface area contributed by atoms with Crippen molar-refractivity contribution in [1.82, 2.24) is 30.0 Å². The monoisotopic (exact) mass is 508 g/mol. The molecule has 0 unspecified atom stereocenters. The van der Waals surface area contributed by atoms with E-state index in [0.717, 1.165) is 40.6 Å². The zero-order chi connectivity index (χ0) is 20.1. The summed E-state index contributed by atoms with van der Waals surface area (Å²) in [5.41, 5.74) is 2.13. The van der Waals surface area contributed by atoms with Crippen LogP contribution < -0.4 is 10.2 Å². The number of nitrogens with one attached hydrogen (secondary N) is 1. The van der Waals surface area contributed by atoms with E-state index < -0.39 is 0 Å². The lowest BCUT2D eigenvalue weighted by molar-refractivity contribution is 0.448. The molecule has 2 aromatic heterocycles. The van der Waals surface area contributed by atoms with Gasteiger partial charge in [0.25, 0.3) is 0 Å². The van der Waals surface area contributed by atoms with Crippen LogP contribution in [0, 0.1) is 0 Å². The summed E-state index contributed by atoms with van der Waals surface area (Å²) >= 11 is 0. The molecular formula is C20H29IN8. The third kappa shape index (κ3) is 5.55. The summed E-state index contributed by atoms with van der Waals surface area (Å²) in [6.07, 6.45) is 1.57. The second-order valence-electron chi connectivity index (χ2n) is 6.88. The normalized spacial score (nSPS) is 11.3. The number of rotatable bonds is 6. The van der Waals surface area contributed by atoms with Crippen molar-refractivity contribution < 1.29 is 0 Å². The highest BCUT2D eigenvalue weighted by molar-refractivity contribution is 14.0. The molecule has 1 aromatic carbocycles. The summed E-state index contributed by atoms with van der Waals surface area (Å²) < 4.78 is 1.78. The Balaban J connectivity index is 0.00000300. The summed E-state index contributed by atoms with van der Waals surface area (Å²) in [5.74, 6) is 2.65. The van der Waals surface area contributed by atoms with Gasteiger partial charge in [0.05, 0.1) is 18.6 Å². The largest absolute Gasteiger partial charge is 0.363 e. The van der Waals surface area contributed by atoms with Crippen LogP contribution in [0.25, 0.3) is 10.9 Å². The first-order valence-electron chi connectivity index (χ1n) is 9.38. The van der Waals surface area contributed by atoms with Gasteiger partial charge in [-0.3, -0.25) is 4.68 Å². The Morgan fingerprint density at radius 1 is 1.21 bits per heavy atom. The molecule has 3 aromatic rings. The number of hydrogen-bond donors (Lipinski definition) is 1. The number of halogens is 1. The minimum Gasteiger partial charge on any atom is -0.363 e. The quantitative estimate of drug-likeness (QED) is 0.314. The molecule has 1 N–H and O–H groups in total.